The summed E-state index contributed by atoms with van der Waals surface area (Å²) in [7, 11) is 3.01. The molecule has 2 aromatic rings. The number of halogens is 2. The van der Waals surface area contributed by atoms with Crippen molar-refractivity contribution in [2.75, 3.05) is 37.9 Å². The number of carbonyl (C=O) groups excluding carboxylic acids is 3. The van der Waals surface area contributed by atoms with E-state index in [1.165, 1.54) is 13.2 Å². The van der Waals surface area contributed by atoms with Crippen molar-refractivity contribution < 1.29 is 32.6 Å². The SMILES string of the molecule is COC(=O)C1CN(C)CC1c1c(F)cc(/C=C/C(=O)Nc2ccccc2NC(=O)OC(C)(C)C)cc1F. The number of carbonyl (C=O) groups is 3. The first-order valence-corrected chi connectivity index (χ1v) is 11.7. The van der Waals surface area contributed by atoms with Gasteiger partial charge in [-0.05, 0) is 63.7 Å². The second kappa shape index (κ2) is 11.5. The van der Waals surface area contributed by atoms with Crippen LogP contribution in [0.2, 0.25) is 0 Å². The quantitative estimate of drug-likeness (QED) is 0.425. The molecule has 1 saturated heterocycles. The lowest BCUT2D eigenvalue weighted by Gasteiger charge is -2.20. The molecule has 3 rings (SSSR count). The molecule has 8 nitrogen and oxygen atoms in total. The van der Waals surface area contributed by atoms with Crippen molar-refractivity contribution in [1.82, 2.24) is 4.90 Å². The van der Waals surface area contributed by atoms with Gasteiger partial charge >= 0.3 is 12.1 Å². The number of methoxy groups -OCH3 is 1. The predicted octanol–water partition coefficient (Wildman–Crippen LogP) is 4.78. The topological polar surface area (TPSA) is 97.0 Å². The van der Waals surface area contributed by atoms with E-state index in [1.54, 1.807) is 52.1 Å². The van der Waals surface area contributed by atoms with Gasteiger partial charge in [0.1, 0.15) is 17.2 Å². The monoisotopic (exact) mass is 515 g/mol. The molecule has 1 heterocycles. The average Bonchev–Trinajstić information content (AvgIpc) is 3.17. The van der Waals surface area contributed by atoms with Gasteiger partial charge in [-0.3, -0.25) is 14.9 Å². The molecule has 2 N–H and O–H groups in total. The number of benzene rings is 2. The largest absolute Gasteiger partial charge is 0.469 e. The number of nitrogens with one attached hydrogen (secondary N) is 2. The van der Waals surface area contributed by atoms with Gasteiger partial charge in [0.25, 0.3) is 0 Å². The Kier molecular flexibility index (Phi) is 8.65. The van der Waals surface area contributed by atoms with E-state index in [9.17, 15) is 23.2 Å². The number of likely N-dealkylation sites (tertiary alicyclic amines) is 1. The Hall–Kier alpha value is -3.79. The van der Waals surface area contributed by atoms with Gasteiger partial charge in [0, 0.05) is 30.6 Å². The number of anilines is 2. The summed E-state index contributed by atoms with van der Waals surface area (Å²) < 4.78 is 40.0. The highest BCUT2D eigenvalue weighted by Gasteiger charge is 2.40. The summed E-state index contributed by atoms with van der Waals surface area (Å²) in [4.78, 5) is 38.5. The van der Waals surface area contributed by atoms with Crippen molar-refractivity contribution in [2.45, 2.75) is 32.3 Å². The van der Waals surface area contributed by atoms with E-state index in [4.69, 9.17) is 9.47 Å². The second-order valence-electron chi connectivity index (χ2n) is 9.85. The van der Waals surface area contributed by atoms with Gasteiger partial charge < -0.3 is 19.7 Å². The zero-order chi connectivity index (χ0) is 27.3. The number of hydrogen-bond acceptors (Lipinski definition) is 6. The first kappa shape index (κ1) is 27.8. The van der Waals surface area contributed by atoms with E-state index < -0.39 is 47.0 Å². The van der Waals surface area contributed by atoms with Gasteiger partial charge in [0.05, 0.1) is 24.4 Å². The molecule has 1 aliphatic heterocycles. The lowest BCUT2D eigenvalue weighted by Crippen LogP contribution is -2.27. The molecule has 1 fully saturated rings. The normalized spacial score (nSPS) is 18.0. The van der Waals surface area contributed by atoms with E-state index in [1.807, 2.05) is 4.90 Å². The van der Waals surface area contributed by atoms with Crippen LogP contribution in [0.5, 0.6) is 0 Å². The lowest BCUT2D eigenvalue weighted by molar-refractivity contribution is -0.145. The summed E-state index contributed by atoms with van der Waals surface area (Å²) in [5, 5.41) is 5.20. The Balaban J connectivity index is 1.73. The van der Waals surface area contributed by atoms with Crippen LogP contribution in [0, 0.1) is 17.6 Å². The van der Waals surface area contributed by atoms with Crippen LogP contribution in [0.4, 0.5) is 25.0 Å². The minimum Gasteiger partial charge on any atom is -0.469 e. The lowest BCUT2D eigenvalue weighted by atomic mass is 9.87. The number of hydrogen-bond donors (Lipinski definition) is 2. The highest BCUT2D eigenvalue weighted by atomic mass is 19.1. The van der Waals surface area contributed by atoms with E-state index in [0.717, 1.165) is 18.2 Å². The van der Waals surface area contributed by atoms with Crippen molar-refractivity contribution in [3.8, 4) is 0 Å². The van der Waals surface area contributed by atoms with Gasteiger partial charge in [-0.1, -0.05) is 12.1 Å². The van der Waals surface area contributed by atoms with Gasteiger partial charge in [-0.2, -0.15) is 0 Å². The summed E-state index contributed by atoms with van der Waals surface area (Å²) in [5.74, 6) is -4.07. The maximum Gasteiger partial charge on any atom is 0.412 e. The third-order valence-electron chi connectivity index (χ3n) is 5.73. The molecule has 0 spiro atoms. The van der Waals surface area contributed by atoms with Crippen LogP contribution in [-0.4, -0.2) is 55.7 Å². The third-order valence-corrected chi connectivity index (χ3v) is 5.73. The van der Waals surface area contributed by atoms with Gasteiger partial charge in [0.15, 0.2) is 0 Å². The fourth-order valence-electron chi connectivity index (χ4n) is 4.20. The molecule has 2 aromatic carbocycles. The molecule has 2 unspecified atom stereocenters. The van der Waals surface area contributed by atoms with E-state index in [2.05, 4.69) is 10.6 Å². The molecular weight excluding hydrogens is 484 g/mol. The second-order valence-corrected chi connectivity index (χ2v) is 9.85. The highest BCUT2D eigenvalue weighted by molar-refractivity contribution is 6.05. The van der Waals surface area contributed by atoms with Crippen molar-refractivity contribution in [2.24, 2.45) is 5.92 Å². The molecule has 0 aromatic heterocycles. The van der Waals surface area contributed by atoms with Crippen LogP contribution in [0.15, 0.2) is 42.5 Å². The summed E-state index contributed by atoms with van der Waals surface area (Å²) in [6, 6.07) is 8.76. The molecular formula is C27H31F2N3O5. The number of ether oxygens (including phenoxy) is 2. The fraction of sp³-hybridized carbons (Fsp3) is 0.370. The Morgan fingerprint density at radius 2 is 1.62 bits per heavy atom. The highest BCUT2D eigenvalue weighted by Crippen LogP contribution is 2.36. The summed E-state index contributed by atoms with van der Waals surface area (Å²) in [6.07, 6.45) is 1.71. The van der Waals surface area contributed by atoms with Crippen molar-refractivity contribution in [3.05, 3.63) is 65.2 Å². The van der Waals surface area contributed by atoms with Crippen molar-refractivity contribution >= 4 is 35.4 Å². The number of para-hydroxylation sites is 2. The first-order valence-electron chi connectivity index (χ1n) is 11.7. The number of rotatable bonds is 6. The molecule has 2 amide bonds. The van der Waals surface area contributed by atoms with E-state index in [0.29, 0.717) is 24.5 Å². The average molecular weight is 516 g/mol. The standard InChI is InChI=1S/C27H31F2N3O5/c1-27(2,3)37-26(35)31-22-9-7-6-8-21(22)30-23(33)11-10-16-12-19(28)24(20(29)13-16)17-14-32(4)15-18(17)25(34)36-5/h6-13,17-18H,14-15H2,1-5H3,(H,30,33)(H,31,35)/b11-10+. The van der Waals surface area contributed by atoms with Crippen LogP contribution < -0.4 is 10.6 Å². The van der Waals surface area contributed by atoms with Gasteiger partial charge in [0.2, 0.25) is 5.91 Å². The van der Waals surface area contributed by atoms with Crippen LogP contribution in [-0.2, 0) is 19.1 Å². The number of nitrogens with zero attached hydrogens (tertiary/aromatic N) is 1. The predicted molar refractivity (Wildman–Crippen MR) is 136 cm³/mol. The zero-order valence-corrected chi connectivity index (χ0v) is 21.4. The summed E-state index contributed by atoms with van der Waals surface area (Å²) in [6.45, 7) is 5.83. The molecule has 0 bridgehead atoms. The molecule has 1 aliphatic rings. The molecule has 0 radical (unpaired) electrons. The zero-order valence-electron chi connectivity index (χ0n) is 21.4. The maximum absolute atomic E-state index is 15.0. The van der Waals surface area contributed by atoms with Crippen LogP contribution in [0.1, 0.15) is 37.8 Å². The number of likely N-dealkylation sites (N-methyl/N-ethyl adjacent to an activating group) is 1. The molecule has 0 aliphatic carbocycles. The van der Waals surface area contributed by atoms with Crippen molar-refractivity contribution in [3.63, 3.8) is 0 Å². The summed E-state index contributed by atoms with van der Waals surface area (Å²) in [5.41, 5.74) is -0.103. The Morgan fingerprint density at radius 3 is 2.19 bits per heavy atom. The smallest absolute Gasteiger partial charge is 0.412 e. The fourth-order valence-corrected chi connectivity index (χ4v) is 4.20. The molecule has 10 heteroatoms. The van der Waals surface area contributed by atoms with Crippen LogP contribution >= 0.6 is 0 Å². The van der Waals surface area contributed by atoms with Crippen LogP contribution in [0.3, 0.4) is 0 Å². The maximum atomic E-state index is 15.0. The molecule has 37 heavy (non-hydrogen) atoms. The Bertz CT molecular complexity index is 1190. The third kappa shape index (κ3) is 7.36. The van der Waals surface area contributed by atoms with E-state index >= 15 is 0 Å². The molecule has 198 valence electrons. The van der Waals surface area contributed by atoms with Gasteiger partial charge in [-0.25, -0.2) is 13.6 Å². The first-order chi connectivity index (χ1) is 17.4. The minimum absolute atomic E-state index is 0.134. The Labute approximate surface area is 214 Å². The minimum atomic E-state index is -0.804. The number of amides is 2. The van der Waals surface area contributed by atoms with Crippen molar-refractivity contribution in [1.29, 1.82) is 0 Å². The Morgan fingerprint density at radius 1 is 1.03 bits per heavy atom. The molecule has 2 atom stereocenters. The van der Waals surface area contributed by atoms with Crippen LogP contribution in [0.25, 0.3) is 6.08 Å². The number of esters is 1. The van der Waals surface area contributed by atoms with Gasteiger partial charge in [-0.15, -0.1) is 0 Å². The summed E-state index contributed by atoms with van der Waals surface area (Å²) >= 11 is 0. The van der Waals surface area contributed by atoms with E-state index in [-0.39, 0.29) is 11.1 Å². The molecule has 0 saturated carbocycles.